The van der Waals surface area contributed by atoms with E-state index in [4.69, 9.17) is 16.3 Å². The van der Waals surface area contributed by atoms with Gasteiger partial charge in [-0.15, -0.1) is 0 Å². The van der Waals surface area contributed by atoms with Crippen LogP contribution in [0, 0.1) is 0 Å². The number of halogens is 1. The van der Waals surface area contributed by atoms with E-state index in [0.29, 0.717) is 36.9 Å². The van der Waals surface area contributed by atoms with E-state index in [1.54, 1.807) is 48.5 Å². The SMILES string of the molecule is CCOc1ccc(S(=O)(=O)c2ccc(CCNCC(O)c3cccc(Cl)c3)cc2)cc1. The van der Waals surface area contributed by atoms with Gasteiger partial charge in [-0.2, -0.15) is 0 Å². The van der Waals surface area contributed by atoms with Gasteiger partial charge in [-0.25, -0.2) is 8.42 Å². The van der Waals surface area contributed by atoms with E-state index in [0.717, 1.165) is 11.1 Å². The summed E-state index contributed by atoms with van der Waals surface area (Å²) in [5.74, 6) is 0.643. The first-order valence-electron chi connectivity index (χ1n) is 10.1. The number of sulfone groups is 1. The van der Waals surface area contributed by atoms with E-state index in [1.807, 2.05) is 31.2 Å². The van der Waals surface area contributed by atoms with Crippen molar-refractivity contribution in [3.63, 3.8) is 0 Å². The number of benzene rings is 3. The Morgan fingerprint density at radius 3 is 2.26 bits per heavy atom. The number of aliphatic hydroxyl groups excluding tert-OH is 1. The summed E-state index contributed by atoms with van der Waals surface area (Å²) in [6, 6.07) is 20.5. The monoisotopic (exact) mass is 459 g/mol. The van der Waals surface area contributed by atoms with Gasteiger partial charge in [-0.05, 0) is 79.5 Å². The van der Waals surface area contributed by atoms with Crippen molar-refractivity contribution in [3.8, 4) is 5.75 Å². The Kier molecular flexibility index (Phi) is 8.09. The number of ether oxygens (including phenoxy) is 1. The Bertz CT molecular complexity index is 1080. The van der Waals surface area contributed by atoms with E-state index >= 15 is 0 Å². The molecule has 7 heteroatoms. The summed E-state index contributed by atoms with van der Waals surface area (Å²) in [7, 11) is -3.57. The van der Waals surface area contributed by atoms with Crippen LogP contribution >= 0.6 is 11.6 Å². The fourth-order valence-corrected chi connectivity index (χ4v) is 4.62. The molecule has 0 aliphatic heterocycles. The molecular formula is C24H26ClNO4S. The summed E-state index contributed by atoms with van der Waals surface area (Å²) in [5, 5.41) is 14.0. The van der Waals surface area contributed by atoms with Crippen LogP contribution in [0.2, 0.25) is 5.02 Å². The van der Waals surface area contributed by atoms with Gasteiger partial charge in [0, 0.05) is 11.6 Å². The summed E-state index contributed by atoms with van der Waals surface area (Å²) in [6.07, 6.45) is 0.0754. The van der Waals surface area contributed by atoms with Crippen molar-refractivity contribution in [3.05, 3.63) is 88.9 Å². The third-order valence-electron chi connectivity index (χ3n) is 4.84. The van der Waals surface area contributed by atoms with E-state index < -0.39 is 15.9 Å². The van der Waals surface area contributed by atoms with Crippen LogP contribution < -0.4 is 10.1 Å². The fourth-order valence-electron chi connectivity index (χ4n) is 3.16. The summed E-state index contributed by atoms with van der Waals surface area (Å²) in [6.45, 7) is 3.47. The first-order valence-corrected chi connectivity index (χ1v) is 12.0. The van der Waals surface area contributed by atoms with E-state index in [2.05, 4.69) is 5.32 Å². The molecule has 0 spiro atoms. The van der Waals surface area contributed by atoms with Crippen LogP contribution in [0.5, 0.6) is 5.75 Å². The summed E-state index contributed by atoms with van der Waals surface area (Å²) in [5.41, 5.74) is 1.78. The molecule has 0 saturated carbocycles. The van der Waals surface area contributed by atoms with Gasteiger partial charge in [0.2, 0.25) is 9.84 Å². The second-order valence-electron chi connectivity index (χ2n) is 7.08. The van der Waals surface area contributed by atoms with Crippen molar-refractivity contribution >= 4 is 21.4 Å². The molecule has 0 saturated heterocycles. The zero-order valence-electron chi connectivity index (χ0n) is 17.3. The minimum Gasteiger partial charge on any atom is -0.494 e. The van der Waals surface area contributed by atoms with Crippen LogP contribution in [0.1, 0.15) is 24.2 Å². The molecule has 31 heavy (non-hydrogen) atoms. The average Bonchev–Trinajstić information content (AvgIpc) is 2.77. The Balaban J connectivity index is 1.53. The second kappa shape index (κ2) is 10.8. The fraction of sp³-hybridized carbons (Fsp3) is 0.250. The predicted octanol–water partition coefficient (Wildman–Crippen LogP) is 4.44. The Morgan fingerprint density at radius 2 is 1.65 bits per heavy atom. The number of nitrogens with one attached hydrogen (secondary N) is 1. The van der Waals surface area contributed by atoms with Gasteiger partial charge in [0.25, 0.3) is 0 Å². The summed E-state index contributed by atoms with van der Waals surface area (Å²) >= 11 is 5.95. The predicted molar refractivity (Wildman–Crippen MR) is 122 cm³/mol. The van der Waals surface area contributed by atoms with Crippen molar-refractivity contribution in [2.24, 2.45) is 0 Å². The quantitative estimate of drug-likeness (QED) is 0.438. The molecule has 0 heterocycles. The number of hydrogen-bond acceptors (Lipinski definition) is 5. The molecule has 0 radical (unpaired) electrons. The molecule has 0 aliphatic carbocycles. The number of aliphatic hydroxyl groups is 1. The maximum absolute atomic E-state index is 12.8. The summed E-state index contributed by atoms with van der Waals surface area (Å²) < 4.78 is 31.0. The van der Waals surface area contributed by atoms with Gasteiger partial charge in [0.1, 0.15) is 5.75 Å². The van der Waals surface area contributed by atoms with Crippen LogP contribution in [0.4, 0.5) is 0 Å². The van der Waals surface area contributed by atoms with Crippen molar-refractivity contribution in [1.82, 2.24) is 5.32 Å². The van der Waals surface area contributed by atoms with Crippen molar-refractivity contribution in [1.29, 1.82) is 0 Å². The van der Waals surface area contributed by atoms with E-state index in [-0.39, 0.29) is 9.79 Å². The maximum Gasteiger partial charge on any atom is 0.206 e. The van der Waals surface area contributed by atoms with Crippen molar-refractivity contribution in [2.75, 3.05) is 19.7 Å². The van der Waals surface area contributed by atoms with Gasteiger partial charge in [-0.1, -0.05) is 35.9 Å². The largest absolute Gasteiger partial charge is 0.494 e. The normalized spacial score (nSPS) is 12.5. The zero-order chi connectivity index (χ0) is 22.3. The van der Waals surface area contributed by atoms with Gasteiger partial charge < -0.3 is 15.2 Å². The lowest BCUT2D eigenvalue weighted by atomic mass is 10.1. The van der Waals surface area contributed by atoms with Crippen LogP contribution in [0.25, 0.3) is 0 Å². The minimum atomic E-state index is -3.57. The molecule has 0 aromatic heterocycles. The molecule has 3 aromatic rings. The Morgan fingerprint density at radius 1 is 1.00 bits per heavy atom. The van der Waals surface area contributed by atoms with Crippen LogP contribution in [-0.4, -0.2) is 33.2 Å². The van der Waals surface area contributed by atoms with E-state index in [1.165, 1.54) is 0 Å². The van der Waals surface area contributed by atoms with Gasteiger partial charge in [0.15, 0.2) is 0 Å². The highest BCUT2D eigenvalue weighted by atomic mass is 35.5. The molecule has 0 fully saturated rings. The molecule has 1 unspecified atom stereocenters. The first kappa shape index (κ1) is 23.3. The molecule has 0 aliphatic rings. The lowest BCUT2D eigenvalue weighted by molar-refractivity contribution is 0.175. The highest BCUT2D eigenvalue weighted by Crippen LogP contribution is 2.23. The summed E-state index contributed by atoms with van der Waals surface area (Å²) in [4.78, 5) is 0.491. The number of rotatable bonds is 10. The average molecular weight is 460 g/mol. The third-order valence-corrected chi connectivity index (χ3v) is 6.86. The molecule has 1 atom stereocenters. The molecule has 3 aromatic carbocycles. The van der Waals surface area contributed by atoms with Crippen LogP contribution in [-0.2, 0) is 16.3 Å². The Labute approximate surface area is 188 Å². The topological polar surface area (TPSA) is 75.6 Å². The maximum atomic E-state index is 12.8. The molecule has 0 amide bonds. The third kappa shape index (κ3) is 6.31. The zero-order valence-corrected chi connectivity index (χ0v) is 18.9. The van der Waals surface area contributed by atoms with Crippen molar-refractivity contribution < 1.29 is 18.3 Å². The highest BCUT2D eigenvalue weighted by molar-refractivity contribution is 7.91. The molecule has 5 nitrogen and oxygen atoms in total. The lowest BCUT2D eigenvalue weighted by Gasteiger charge is -2.13. The molecule has 3 rings (SSSR count). The van der Waals surface area contributed by atoms with Crippen LogP contribution in [0.3, 0.4) is 0 Å². The molecule has 0 bridgehead atoms. The Hall–Kier alpha value is -2.38. The second-order valence-corrected chi connectivity index (χ2v) is 9.46. The van der Waals surface area contributed by atoms with Gasteiger partial charge >= 0.3 is 0 Å². The minimum absolute atomic E-state index is 0.236. The van der Waals surface area contributed by atoms with Crippen molar-refractivity contribution in [2.45, 2.75) is 29.2 Å². The van der Waals surface area contributed by atoms with Crippen LogP contribution in [0.15, 0.2) is 82.6 Å². The molecule has 2 N–H and O–H groups in total. The smallest absolute Gasteiger partial charge is 0.206 e. The van der Waals surface area contributed by atoms with Gasteiger partial charge in [0.05, 0.1) is 22.5 Å². The lowest BCUT2D eigenvalue weighted by Crippen LogP contribution is -2.23. The molecular weight excluding hydrogens is 434 g/mol. The van der Waals surface area contributed by atoms with Gasteiger partial charge in [-0.3, -0.25) is 0 Å². The van der Waals surface area contributed by atoms with E-state index in [9.17, 15) is 13.5 Å². The molecule has 164 valence electrons. The standard InChI is InChI=1S/C24H26ClNO4S/c1-2-30-21-8-12-23(13-9-21)31(28,29)22-10-6-18(7-11-22)14-15-26-17-24(27)19-4-3-5-20(25)16-19/h3-13,16,24,26-27H,2,14-15,17H2,1H3. The number of hydrogen-bond donors (Lipinski definition) is 2. The highest BCUT2D eigenvalue weighted by Gasteiger charge is 2.17. The first-order chi connectivity index (χ1) is 14.9.